The van der Waals surface area contributed by atoms with Gasteiger partial charge in [-0.1, -0.05) is 6.08 Å². The lowest BCUT2D eigenvalue weighted by molar-refractivity contribution is 1.01. The molecule has 0 fully saturated rings. The summed E-state index contributed by atoms with van der Waals surface area (Å²) in [5, 5.41) is 1.11. The lowest BCUT2D eigenvalue weighted by Gasteiger charge is -1.82. The van der Waals surface area contributed by atoms with Crippen molar-refractivity contribution in [2.24, 2.45) is 5.73 Å². The smallest absolute Gasteiger partial charge is 0.0900 e. The zero-order valence-electron chi connectivity index (χ0n) is 6.58. The van der Waals surface area contributed by atoms with Gasteiger partial charge in [-0.3, -0.25) is 0 Å². The fraction of sp³-hybridized carbons (Fsp3) is 0.375. The lowest BCUT2D eigenvalue weighted by atomic mass is 10.3. The summed E-state index contributed by atoms with van der Waals surface area (Å²) in [5.74, 6) is 0. The molecule has 2 N–H and O–H groups in total. The van der Waals surface area contributed by atoms with E-state index in [1.165, 1.54) is 4.88 Å². The molecule has 0 aliphatic carbocycles. The maximum absolute atomic E-state index is 5.33. The summed E-state index contributed by atoms with van der Waals surface area (Å²) in [6.45, 7) is 2.72. The van der Waals surface area contributed by atoms with Gasteiger partial charge in [-0.25, -0.2) is 4.98 Å². The normalized spacial score (nSPS) is 11.1. The Morgan fingerprint density at radius 3 is 3.09 bits per heavy atom. The van der Waals surface area contributed by atoms with E-state index in [1.54, 1.807) is 11.3 Å². The van der Waals surface area contributed by atoms with E-state index < -0.39 is 0 Å². The van der Waals surface area contributed by atoms with Crippen molar-refractivity contribution in [3.8, 4) is 0 Å². The van der Waals surface area contributed by atoms with Crippen LogP contribution in [0.5, 0.6) is 0 Å². The van der Waals surface area contributed by atoms with Gasteiger partial charge in [0.05, 0.1) is 5.01 Å². The van der Waals surface area contributed by atoms with Gasteiger partial charge in [-0.05, 0) is 26.0 Å². The molecule has 0 bridgehead atoms. The van der Waals surface area contributed by atoms with Gasteiger partial charge in [-0.15, -0.1) is 11.3 Å². The summed E-state index contributed by atoms with van der Waals surface area (Å²) in [6, 6.07) is 0. The zero-order chi connectivity index (χ0) is 8.10. The molecule has 0 radical (unpaired) electrons. The Kier molecular flexibility index (Phi) is 3.26. The van der Waals surface area contributed by atoms with Gasteiger partial charge in [0, 0.05) is 11.1 Å². The highest BCUT2D eigenvalue weighted by Crippen LogP contribution is 2.12. The second kappa shape index (κ2) is 4.26. The molecule has 1 rings (SSSR count). The van der Waals surface area contributed by atoms with E-state index in [0.29, 0.717) is 6.54 Å². The van der Waals surface area contributed by atoms with Crippen LogP contribution in [0.15, 0.2) is 12.3 Å². The van der Waals surface area contributed by atoms with Crippen LogP contribution in [0.1, 0.15) is 16.3 Å². The van der Waals surface area contributed by atoms with Crippen molar-refractivity contribution in [1.29, 1.82) is 0 Å². The number of hydrogen-bond acceptors (Lipinski definition) is 3. The Bertz CT molecular complexity index is 240. The van der Waals surface area contributed by atoms with Crippen LogP contribution in [-0.2, 0) is 0 Å². The van der Waals surface area contributed by atoms with Gasteiger partial charge in [0.2, 0.25) is 0 Å². The van der Waals surface area contributed by atoms with E-state index in [2.05, 4.69) is 17.1 Å². The molecule has 0 aromatic carbocycles. The summed E-state index contributed by atoms with van der Waals surface area (Å²) in [6.07, 6.45) is 6.97. The molecular formula is C8H12N2S. The Balaban J connectivity index is 2.50. The quantitative estimate of drug-likeness (QED) is 0.747. The van der Waals surface area contributed by atoms with Crippen molar-refractivity contribution in [1.82, 2.24) is 4.98 Å². The van der Waals surface area contributed by atoms with Crippen LogP contribution in [-0.4, -0.2) is 11.5 Å². The number of thiazole rings is 1. The molecule has 0 aliphatic heterocycles. The maximum Gasteiger partial charge on any atom is 0.0900 e. The van der Waals surface area contributed by atoms with E-state index in [-0.39, 0.29) is 0 Å². The third-order valence-electron chi connectivity index (χ3n) is 1.25. The van der Waals surface area contributed by atoms with Gasteiger partial charge in [0.1, 0.15) is 0 Å². The van der Waals surface area contributed by atoms with Crippen LogP contribution in [0.25, 0.3) is 6.08 Å². The minimum Gasteiger partial charge on any atom is -0.330 e. The van der Waals surface area contributed by atoms with E-state index in [1.807, 2.05) is 13.1 Å². The van der Waals surface area contributed by atoms with Crippen molar-refractivity contribution in [3.63, 3.8) is 0 Å². The van der Waals surface area contributed by atoms with Crippen LogP contribution in [0.4, 0.5) is 0 Å². The first kappa shape index (κ1) is 8.43. The number of nitrogens with zero attached hydrogens (tertiary/aromatic N) is 1. The number of hydrogen-bond donors (Lipinski definition) is 1. The molecule has 0 saturated carbocycles. The summed E-state index contributed by atoms with van der Waals surface area (Å²) in [5.41, 5.74) is 5.33. The molecule has 1 heterocycles. The number of aryl methyl sites for hydroxylation is 1. The minimum atomic E-state index is 0.717. The Labute approximate surface area is 70.8 Å². The van der Waals surface area contributed by atoms with Crippen molar-refractivity contribution in [3.05, 3.63) is 22.2 Å². The second-order valence-electron chi connectivity index (χ2n) is 2.26. The summed E-state index contributed by atoms with van der Waals surface area (Å²) in [7, 11) is 0. The van der Waals surface area contributed by atoms with Gasteiger partial charge < -0.3 is 5.73 Å². The van der Waals surface area contributed by atoms with Crippen LogP contribution in [0.2, 0.25) is 0 Å². The van der Waals surface area contributed by atoms with E-state index in [9.17, 15) is 0 Å². The van der Waals surface area contributed by atoms with Gasteiger partial charge in [0.15, 0.2) is 0 Å². The standard InChI is InChI=1S/C8H12N2S/c1-7-10-6-8(11-7)4-2-3-5-9/h2,4,6H,3,5,9H2,1H3. The maximum atomic E-state index is 5.33. The van der Waals surface area contributed by atoms with Crippen LogP contribution in [0, 0.1) is 6.92 Å². The topological polar surface area (TPSA) is 38.9 Å². The monoisotopic (exact) mass is 168 g/mol. The molecule has 0 unspecified atom stereocenters. The third kappa shape index (κ3) is 2.82. The number of rotatable bonds is 3. The first-order chi connectivity index (χ1) is 5.33. The van der Waals surface area contributed by atoms with E-state index in [0.717, 1.165) is 11.4 Å². The fourth-order valence-corrected chi connectivity index (χ4v) is 1.47. The molecule has 1 aromatic heterocycles. The Hall–Kier alpha value is -0.670. The first-order valence-electron chi connectivity index (χ1n) is 3.62. The summed E-state index contributed by atoms with van der Waals surface area (Å²) < 4.78 is 0. The van der Waals surface area contributed by atoms with Crippen molar-refractivity contribution < 1.29 is 0 Å². The van der Waals surface area contributed by atoms with Gasteiger partial charge >= 0.3 is 0 Å². The SMILES string of the molecule is Cc1ncc(C=CCCN)s1. The van der Waals surface area contributed by atoms with Crippen molar-refractivity contribution >= 4 is 17.4 Å². The number of aromatic nitrogens is 1. The lowest BCUT2D eigenvalue weighted by Crippen LogP contribution is -1.94. The molecule has 0 atom stereocenters. The summed E-state index contributed by atoms with van der Waals surface area (Å²) >= 11 is 1.70. The molecule has 2 nitrogen and oxygen atoms in total. The molecule has 0 aliphatic rings. The molecular weight excluding hydrogens is 156 g/mol. The molecule has 3 heteroatoms. The molecule has 0 amide bonds. The number of nitrogens with two attached hydrogens (primary N) is 1. The summed E-state index contributed by atoms with van der Waals surface area (Å²) in [4.78, 5) is 5.34. The molecule has 11 heavy (non-hydrogen) atoms. The zero-order valence-corrected chi connectivity index (χ0v) is 7.40. The largest absolute Gasteiger partial charge is 0.330 e. The molecule has 1 aromatic rings. The average Bonchev–Trinajstić information content (AvgIpc) is 2.37. The van der Waals surface area contributed by atoms with E-state index in [4.69, 9.17) is 5.73 Å². The van der Waals surface area contributed by atoms with Gasteiger partial charge in [-0.2, -0.15) is 0 Å². The highest BCUT2D eigenvalue weighted by molar-refractivity contribution is 7.12. The van der Waals surface area contributed by atoms with Crippen LogP contribution >= 0.6 is 11.3 Å². The second-order valence-corrected chi connectivity index (χ2v) is 3.53. The Morgan fingerprint density at radius 2 is 2.55 bits per heavy atom. The molecule has 0 spiro atoms. The predicted octanol–water partition coefficient (Wildman–Crippen LogP) is 1.81. The van der Waals surface area contributed by atoms with Gasteiger partial charge in [0.25, 0.3) is 0 Å². The van der Waals surface area contributed by atoms with Crippen LogP contribution < -0.4 is 5.73 Å². The molecule has 0 saturated heterocycles. The van der Waals surface area contributed by atoms with Crippen LogP contribution in [0.3, 0.4) is 0 Å². The highest BCUT2D eigenvalue weighted by atomic mass is 32.1. The Morgan fingerprint density at radius 1 is 1.73 bits per heavy atom. The first-order valence-corrected chi connectivity index (χ1v) is 4.43. The highest BCUT2D eigenvalue weighted by Gasteiger charge is 1.90. The van der Waals surface area contributed by atoms with Crippen molar-refractivity contribution in [2.45, 2.75) is 13.3 Å². The molecule has 60 valence electrons. The fourth-order valence-electron chi connectivity index (χ4n) is 0.751. The van der Waals surface area contributed by atoms with E-state index >= 15 is 0 Å². The predicted molar refractivity (Wildman–Crippen MR) is 49.6 cm³/mol. The minimum absolute atomic E-state index is 0.717. The average molecular weight is 168 g/mol. The third-order valence-corrected chi connectivity index (χ3v) is 2.13. The van der Waals surface area contributed by atoms with Crippen molar-refractivity contribution in [2.75, 3.05) is 6.54 Å².